The van der Waals surface area contributed by atoms with Crippen molar-refractivity contribution >= 4 is 11.6 Å². The van der Waals surface area contributed by atoms with Crippen molar-refractivity contribution in [3.05, 3.63) is 28.3 Å². The first-order chi connectivity index (χ1) is 6.72. The standard InChI is InChI=1S/C11H12ClNO/c1-3-8-6-10(12)7-9(4-5-13)11(8)14-2/h6-7H,3-4H2,1-2H3. The van der Waals surface area contributed by atoms with Crippen LogP contribution in [-0.2, 0) is 12.8 Å². The number of nitriles is 1. The Morgan fingerprint density at radius 3 is 2.57 bits per heavy atom. The lowest BCUT2D eigenvalue weighted by Gasteiger charge is -2.11. The highest BCUT2D eigenvalue weighted by Gasteiger charge is 2.09. The number of ether oxygens (including phenoxy) is 1. The average molecular weight is 210 g/mol. The molecule has 0 aliphatic heterocycles. The van der Waals surface area contributed by atoms with E-state index in [1.807, 2.05) is 13.0 Å². The van der Waals surface area contributed by atoms with Crippen molar-refractivity contribution in [2.75, 3.05) is 7.11 Å². The van der Waals surface area contributed by atoms with Gasteiger partial charge in [0.05, 0.1) is 19.6 Å². The summed E-state index contributed by atoms with van der Waals surface area (Å²) in [6.45, 7) is 2.03. The van der Waals surface area contributed by atoms with E-state index in [0.29, 0.717) is 11.4 Å². The first kappa shape index (κ1) is 10.9. The second kappa shape index (κ2) is 4.88. The first-order valence-electron chi connectivity index (χ1n) is 4.45. The van der Waals surface area contributed by atoms with Gasteiger partial charge in [0.25, 0.3) is 0 Å². The fraction of sp³-hybridized carbons (Fsp3) is 0.364. The Morgan fingerprint density at radius 2 is 2.07 bits per heavy atom. The molecule has 14 heavy (non-hydrogen) atoms. The molecule has 0 saturated heterocycles. The molecule has 0 saturated carbocycles. The van der Waals surface area contributed by atoms with Gasteiger partial charge in [-0.05, 0) is 24.1 Å². The van der Waals surface area contributed by atoms with E-state index < -0.39 is 0 Å². The molecule has 0 fully saturated rings. The average Bonchev–Trinajstić information content (AvgIpc) is 2.17. The van der Waals surface area contributed by atoms with Crippen LogP contribution in [-0.4, -0.2) is 7.11 Å². The van der Waals surface area contributed by atoms with E-state index >= 15 is 0 Å². The molecule has 0 atom stereocenters. The molecule has 0 bridgehead atoms. The van der Waals surface area contributed by atoms with Gasteiger partial charge in [-0.2, -0.15) is 5.26 Å². The summed E-state index contributed by atoms with van der Waals surface area (Å²) < 4.78 is 5.27. The lowest BCUT2D eigenvalue weighted by atomic mass is 10.0. The molecule has 0 spiro atoms. The molecule has 0 aliphatic rings. The van der Waals surface area contributed by atoms with Crippen LogP contribution < -0.4 is 4.74 Å². The molecule has 1 aromatic carbocycles. The van der Waals surface area contributed by atoms with Gasteiger partial charge in [0, 0.05) is 10.6 Å². The van der Waals surface area contributed by atoms with Crippen LogP contribution in [0, 0.1) is 11.3 Å². The number of methoxy groups -OCH3 is 1. The highest BCUT2D eigenvalue weighted by molar-refractivity contribution is 6.30. The van der Waals surface area contributed by atoms with Crippen LogP contribution in [0.4, 0.5) is 0 Å². The van der Waals surface area contributed by atoms with Crippen molar-refractivity contribution in [3.63, 3.8) is 0 Å². The van der Waals surface area contributed by atoms with E-state index in [-0.39, 0.29) is 0 Å². The predicted octanol–water partition coefficient (Wildman–Crippen LogP) is 2.98. The minimum atomic E-state index is 0.330. The van der Waals surface area contributed by atoms with Crippen molar-refractivity contribution in [3.8, 4) is 11.8 Å². The summed E-state index contributed by atoms with van der Waals surface area (Å²) in [6.07, 6.45) is 1.18. The molecular formula is C11H12ClNO. The normalized spacial score (nSPS) is 9.57. The van der Waals surface area contributed by atoms with Crippen molar-refractivity contribution in [2.45, 2.75) is 19.8 Å². The number of aryl methyl sites for hydroxylation is 1. The van der Waals surface area contributed by atoms with Crippen LogP contribution in [0.2, 0.25) is 5.02 Å². The Hall–Kier alpha value is -1.20. The van der Waals surface area contributed by atoms with Crippen LogP contribution in [0.3, 0.4) is 0 Å². The Bertz CT molecular complexity index is 368. The van der Waals surface area contributed by atoms with Crippen molar-refractivity contribution in [1.29, 1.82) is 5.26 Å². The smallest absolute Gasteiger partial charge is 0.126 e. The fourth-order valence-corrected chi connectivity index (χ4v) is 1.72. The molecular weight excluding hydrogens is 198 g/mol. The van der Waals surface area contributed by atoms with Crippen LogP contribution in [0.1, 0.15) is 18.1 Å². The minimum Gasteiger partial charge on any atom is -0.496 e. The maximum absolute atomic E-state index is 8.65. The number of hydrogen-bond donors (Lipinski definition) is 0. The third kappa shape index (κ3) is 2.18. The van der Waals surface area contributed by atoms with Crippen molar-refractivity contribution < 1.29 is 4.74 Å². The van der Waals surface area contributed by atoms with Gasteiger partial charge in [0.15, 0.2) is 0 Å². The second-order valence-corrected chi connectivity index (χ2v) is 3.38. The summed E-state index contributed by atoms with van der Waals surface area (Å²) in [4.78, 5) is 0. The lowest BCUT2D eigenvalue weighted by molar-refractivity contribution is 0.406. The zero-order valence-corrected chi connectivity index (χ0v) is 9.06. The lowest BCUT2D eigenvalue weighted by Crippen LogP contribution is -1.96. The molecule has 0 radical (unpaired) electrons. The number of rotatable bonds is 3. The summed E-state index contributed by atoms with van der Waals surface area (Å²) >= 11 is 5.93. The minimum absolute atomic E-state index is 0.330. The van der Waals surface area contributed by atoms with Crippen LogP contribution in [0.25, 0.3) is 0 Å². The number of nitrogens with zero attached hydrogens (tertiary/aromatic N) is 1. The highest BCUT2D eigenvalue weighted by Crippen LogP contribution is 2.28. The quantitative estimate of drug-likeness (QED) is 0.767. The molecule has 0 unspecified atom stereocenters. The number of hydrogen-bond acceptors (Lipinski definition) is 2. The van der Waals surface area contributed by atoms with Gasteiger partial charge in [0.1, 0.15) is 5.75 Å². The number of halogens is 1. The van der Waals surface area contributed by atoms with Gasteiger partial charge in [-0.15, -0.1) is 0 Å². The predicted molar refractivity (Wildman–Crippen MR) is 56.7 cm³/mol. The topological polar surface area (TPSA) is 33.0 Å². The Kier molecular flexibility index (Phi) is 3.79. The van der Waals surface area contributed by atoms with Gasteiger partial charge < -0.3 is 4.74 Å². The highest BCUT2D eigenvalue weighted by atomic mass is 35.5. The third-order valence-electron chi connectivity index (χ3n) is 2.06. The molecule has 3 heteroatoms. The molecule has 1 aromatic rings. The Balaban J connectivity index is 3.25. The Labute approximate surface area is 89.1 Å². The molecule has 74 valence electrons. The number of benzene rings is 1. The summed E-state index contributed by atoms with van der Waals surface area (Å²) in [6, 6.07) is 5.76. The summed E-state index contributed by atoms with van der Waals surface area (Å²) in [5, 5.41) is 9.31. The second-order valence-electron chi connectivity index (χ2n) is 2.95. The zero-order valence-electron chi connectivity index (χ0n) is 8.30. The van der Waals surface area contributed by atoms with E-state index in [0.717, 1.165) is 23.3 Å². The maximum atomic E-state index is 8.65. The summed E-state index contributed by atoms with van der Waals surface area (Å²) in [5.74, 6) is 0.790. The fourth-order valence-electron chi connectivity index (χ4n) is 1.45. The molecule has 2 nitrogen and oxygen atoms in total. The molecule has 0 amide bonds. The van der Waals surface area contributed by atoms with Gasteiger partial charge in [-0.25, -0.2) is 0 Å². The molecule has 0 heterocycles. The van der Waals surface area contributed by atoms with Crippen LogP contribution >= 0.6 is 11.6 Å². The van der Waals surface area contributed by atoms with E-state index in [4.69, 9.17) is 21.6 Å². The van der Waals surface area contributed by atoms with E-state index in [1.54, 1.807) is 13.2 Å². The summed E-state index contributed by atoms with van der Waals surface area (Å²) in [5.41, 5.74) is 1.91. The van der Waals surface area contributed by atoms with Gasteiger partial charge >= 0.3 is 0 Å². The van der Waals surface area contributed by atoms with Gasteiger partial charge in [-0.3, -0.25) is 0 Å². The van der Waals surface area contributed by atoms with E-state index in [2.05, 4.69) is 6.07 Å². The SMILES string of the molecule is CCc1cc(Cl)cc(CC#N)c1OC. The van der Waals surface area contributed by atoms with Crippen LogP contribution in [0.5, 0.6) is 5.75 Å². The largest absolute Gasteiger partial charge is 0.496 e. The van der Waals surface area contributed by atoms with Crippen molar-refractivity contribution in [2.24, 2.45) is 0 Å². The van der Waals surface area contributed by atoms with Crippen LogP contribution in [0.15, 0.2) is 12.1 Å². The van der Waals surface area contributed by atoms with Gasteiger partial charge in [-0.1, -0.05) is 18.5 Å². The molecule has 0 N–H and O–H groups in total. The zero-order chi connectivity index (χ0) is 10.6. The Morgan fingerprint density at radius 1 is 1.43 bits per heavy atom. The third-order valence-corrected chi connectivity index (χ3v) is 2.28. The monoisotopic (exact) mass is 209 g/mol. The van der Waals surface area contributed by atoms with Crippen molar-refractivity contribution in [1.82, 2.24) is 0 Å². The summed E-state index contributed by atoms with van der Waals surface area (Å²) in [7, 11) is 1.61. The van der Waals surface area contributed by atoms with E-state index in [9.17, 15) is 0 Å². The molecule has 0 aromatic heterocycles. The van der Waals surface area contributed by atoms with E-state index in [1.165, 1.54) is 0 Å². The van der Waals surface area contributed by atoms with Gasteiger partial charge in [0.2, 0.25) is 0 Å². The first-order valence-corrected chi connectivity index (χ1v) is 4.83. The molecule has 1 rings (SSSR count). The maximum Gasteiger partial charge on any atom is 0.126 e. The molecule has 0 aliphatic carbocycles.